The number of ether oxygens (including phenoxy) is 1. The van der Waals surface area contributed by atoms with Crippen molar-refractivity contribution in [1.82, 2.24) is 39.2 Å². The molecule has 6 rings (SSSR count). The first-order valence-electron chi connectivity index (χ1n) is 11.6. The summed E-state index contributed by atoms with van der Waals surface area (Å²) in [6.45, 7) is 6.15. The van der Waals surface area contributed by atoms with E-state index in [0.717, 1.165) is 68.4 Å². The highest BCUT2D eigenvalue weighted by Gasteiger charge is 2.34. The van der Waals surface area contributed by atoms with Gasteiger partial charge in [0.25, 0.3) is 5.56 Å². The van der Waals surface area contributed by atoms with Crippen molar-refractivity contribution in [3.8, 4) is 0 Å². The first kappa shape index (κ1) is 20.5. The summed E-state index contributed by atoms with van der Waals surface area (Å²) in [5, 5.41) is 5.08. The number of imidazole rings is 1. The van der Waals surface area contributed by atoms with Crippen molar-refractivity contribution in [1.29, 1.82) is 0 Å². The van der Waals surface area contributed by atoms with Crippen LogP contribution in [0.3, 0.4) is 0 Å². The van der Waals surface area contributed by atoms with Crippen LogP contribution < -0.4 is 5.56 Å². The van der Waals surface area contributed by atoms with E-state index in [9.17, 15) is 4.79 Å². The van der Waals surface area contributed by atoms with Gasteiger partial charge in [-0.05, 0) is 24.8 Å². The Morgan fingerprint density at radius 2 is 2.03 bits per heavy atom. The third-order valence-corrected chi connectivity index (χ3v) is 7.20. The smallest absolute Gasteiger partial charge is 0.262 e. The maximum atomic E-state index is 12.9. The predicted molar refractivity (Wildman–Crippen MR) is 123 cm³/mol. The molecule has 2 aliphatic rings. The van der Waals surface area contributed by atoms with E-state index in [4.69, 9.17) is 14.7 Å². The zero-order valence-corrected chi connectivity index (χ0v) is 18.9. The Hall–Kier alpha value is -3.11. The van der Waals surface area contributed by atoms with Crippen molar-refractivity contribution in [2.75, 3.05) is 26.3 Å². The van der Waals surface area contributed by atoms with Crippen molar-refractivity contribution in [3.63, 3.8) is 0 Å². The molecule has 0 amide bonds. The van der Waals surface area contributed by atoms with Gasteiger partial charge < -0.3 is 14.3 Å². The molecule has 0 saturated carbocycles. The Labute approximate surface area is 190 Å². The minimum Gasteiger partial charge on any atom is -0.381 e. The fraction of sp³-hybridized carbons (Fsp3) is 0.522. The minimum atomic E-state index is -0.109. The Morgan fingerprint density at radius 3 is 2.85 bits per heavy atom. The molecule has 0 radical (unpaired) electrons. The van der Waals surface area contributed by atoms with E-state index in [1.165, 1.54) is 0 Å². The number of nitrogens with zero attached hydrogens (tertiary/aromatic N) is 7. The lowest BCUT2D eigenvalue weighted by atomic mass is 9.97. The molecule has 1 N–H and O–H groups in total. The number of aryl methyl sites for hydroxylation is 1. The van der Waals surface area contributed by atoms with Crippen LogP contribution in [0, 0.1) is 5.92 Å². The van der Waals surface area contributed by atoms with Crippen molar-refractivity contribution in [2.45, 2.75) is 38.3 Å². The van der Waals surface area contributed by atoms with E-state index >= 15 is 0 Å². The van der Waals surface area contributed by atoms with Gasteiger partial charge >= 0.3 is 0 Å². The quantitative estimate of drug-likeness (QED) is 0.509. The monoisotopic (exact) mass is 448 g/mol. The van der Waals surface area contributed by atoms with Crippen LogP contribution in [-0.2, 0) is 18.3 Å². The van der Waals surface area contributed by atoms with E-state index < -0.39 is 0 Å². The summed E-state index contributed by atoms with van der Waals surface area (Å²) in [6.07, 6.45) is 7.03. The van der Waals surface area contributed by atoms with Crippen LogP contribution in [0.4, 0.5) is 0 Å². The number of aromatic nitrogens is 7. The van der Waals surface area contributed by atoms with Crippen LogP contribution in [0.5, 0.6) is 0 Å². The Bertz CT molecular complexity index is 1370. The van der Waals surface area contributed by atoms with Crippen LogP contribution in [0.25, 0.3) is 22.1 Å². The number of aromatic amines is 1. The number of likely N-dealkylation sites (tertiary alicyclic amines) is 1. The molecule has 2 saturated heterocycles. The summed E-state index contributed by atoms with van der Waals surface area (Å²) in [5.41, 5.74) is 2.58. The second-order valence-electron chi connectivity index (χ2n) is 9.35. The van der Waals surface area contributed by atoms with Crippen LogP contribution in [0.2, 0.25) is 0 Å². The highest BCUT2D eigenvalue weighted by molar-refractivity contribution is 5.74. The van der Waals surface area contributed by atoms with Gasteiger partial charge in [0.05, 0.1) is 30.5 Å². The standard InChI is InChI=1S/C23H28N8O2/c1-14-11-30(13-20-26-18-10-24-6-3-19(18)29(20)2)12-17(14)21-27-22-16(23(32)28-21)9-25-31(22)15-4-7-33-8-5-15/h3,6,9-10,14-15,17H,4-5,7-8,11-13H2,1-2H3,(H,27,28,32)/t14-,17-/m1/s1. The van der Waals surface area contributed by atoms with E-state index in [2.05, 4.69) is 31.5 Å². The third-order valence-electron chi connectivity index (χ3n) is 7.20. The lowest BCUT2D eigenvalue weighted by Gasteiger charge is -2.23. The zero-order chi connectivity index (χ0) is 22.5. The fourth-order valence-corrected chi connectivity index (χ4v) is 5.32. The van der Waals surface area contributed by atoms with Gasteiger partial charge in [-0.1, -0.05) is 6.92 Å². The summed E-state index contributed by atoms with van der Waals surface area (Å²) < 4.78 is 9.56. The summed E-state index contributed by atoms with van der Waals surface area (Å²) in [6, 6.07) is 2.22. The number of nitrogens with one attached hydrogen (secondary N) is 1. The maximum Gasteiger partial charge on any atom is 0.262 e. The molecule has 0 spiro atoms. The molecule has 4 aromatic rings. The molecule has 10 heteroatoms. The maximum absolute atomic E-state index is 12.9. The molecule has 0 aliphatic carbocycles. The molecule has 2 fully saturated rings. The summed E-state index contributed by atoms with van der Waals surface area (Å²) >= 11 is 0. The number of pyridine rings is 1. The Morgan fingerprint density at radius 1 is 1.18 bits per heavy atom. The van der Waals surface area contributed by atoms with Gasteiger partial charge in [-0.25, -0.2) is 14.6 Å². The van der Waals surface area contributed by atoms with E-state index in [-0.39, 0.29) is 17.5 Å². The Kier molecular flexibility index (Phi) is 4.99. The molecular weight excluding hydrogens is 420 g/mol. The molecule has 172 valence electrons. The SMILES string of the molecule is C[C@@H]1CN(Cc2nc3cnccc3n2C)C[C@H]1c1nc2c(cnn2C2CCOCC2)c(=O)[nH]1. The van der Waals surface area contributed by atoms with Gasteiger partial charge in [0.15, 0.2) is 5.65 Å². The van der Waals surface area contributed by atoms with Gasteiger partial charge in [-0.3, -0.25) is 14.7 Å². The molecule has 2 atom stereocenters. The second-order valence-corrected chi connectivity index (χ2v) is 9.35. The normalized spacial score (nSPS) is 22.6. The lowest BCUT2D eigenvalue weighted by Crippen LogP contribution is -2.24. The molecule has 4 aromatic heterocycles. The Balaban J connectivity index is 1.28. The molecule has 6 heterocycles. The first-order chi connectivity index (χ1) is 16.1. The predicted octanol–water partition coefficient (Wildman–Crippen LogP) is 1.99. The first-order valence-corrected chi connectivity index (χ1v) is 11.6. The van der Waals surface area contributed by atoms with Gasteiger partial charge in [-0.2, -0.15) is 5.10 Å². The molecular formula is C23H28N8O2. The van der Waals surface area contributed by atoms with E-state index in [0.29, 0.717) is 17.0 Å². The van der Waals surface area contributed by atoms with Crippen LogP contribution >= 0.6 is 0 Å². The largest absolute Gasteiger partial charge is 0.381 e. The highest BCUT2D eigenvalue weighted by Crippen LogP contribution is 2.32. The third kappa shape index (κ3) is 3.53. The molecule has 0 bridgehead atoms. The van der Waals surface area contributed by atoms with Crippen LogP contribution in [0.1, 0.15) is 43.4 Å². The number of fused-ring (bicyclic) bond motifs is 2. The summed E-state index contributed by atoms with van der Waals surface area (Å²) in [4.78, 5) is 32.2. The highest BCUT2D eigenvalue weighted by atomic mass is 16.5. The topological polar surface area (TPSA) is 107 Å². The molecule has 0 aromatic carbocycles. The number of H-pyrrole nitrogens is 1. The van der Waals surface area contributed by atoms with Gasteiger partial charge in [0, 0.05) is 45.5 Å². The van der Waals surface area contributed by atoms with Gasteiger partial charge in [-0.15, -0.1) is 0 Å². The van der Waals surface area contributed by atoms with Gasteiger partial charge in [0.2, 0.25) is 0 Å². The van der Waals surface area contributed by atoms with Gasteiger partial charge in [0.1, 0.15) is 22.6 Å². The van der Waals surface area contributed by atoms with E-state index in [1.54, 1.807) is 18.6 Å². The molecule has 2 aliphatic heterocycles. The minimum absolute atomic E-state index is 0.109. The van der Waals surface area contributed by atoms with E-state index in [1.807, 2.05) is 17.8 Å². The zero-order valence-electron chi connectivity index (χ0n) is 18.9. The van der Waals surface area contributed by atoms with Crippen molar-refractivity contribution in [3.05, 3.63) is 46.7 Å². The average Bonchev–Trinajstić information content (AvgIpc) is 3.51. The van der Waals surface area contributed by atoms with Crippen molar-refractivity contribution < 1.29 is 4.74 Å². The summed E-state index contributed by atoms with van der Waals surface area (Å²) in [7, 11) is 2.05. The second kappa shape index (κ2) is 8.03. The fourth-order valence-electron chi connectivity index (χ4n) is 5.32. The van der Waals surface area contributed by atoms with Crippen LogP contribution in [-0.4, -0.2) is 65.5 Å². The number of hydrogen-bond acceptors (Lipinski definition) is 7. The summed E-state index contributed by atoms with van der Waals surface area (Å²) in [5.74, 6) is 2.28. The number of hydrogen-bond donors (Lipinski definition) is 1. The van der Waals surface area contributed by atoms with Crippen molar-refractivity contribution >= 4 is 22.1 Å². The molecule has 0 unspecified atom stereocenters. The number of rotatable bonds is 4. The average molecular weight is 449 g/mol. The van der Waals surface area contributed by atoms with Crippen molar-refractivity contribution in [2.24, 2.45) is 13.0 Å². The lowest BCUT2D eigenvalue weighted by molar-refractivity contribution is 0.0673. The molecule has 10 nitrogen and oxygen atoms in total. The van der Waals surface area contributed by atoms with Crippen LogP contribution in [0.15, 0.2) is 29.5 Å². The molecule has 33 heavy (non-hydrogen) atoms.